The summed E-state index contributed by atoms with van der Waals surface area (Å²) < 4.78 is 8.87. The fourth-order valence-corrected chi connectivity index (χ4v) is 11.1. The quantitative estimate of drug-likeness (QED) is 0.0565. The minimum absolute atomic E-state index is 0.0374. The lowest BCUT2D eigenvalue weighted by atomic mass is 9.91. The van der Waals surface area contributed by atoms with Gasteiger partial charge in [0, 0.05) is 48.8 Å². The Labute approximate surface area is 414 Å². The smallest absolute Gasteiger partial charge is 0.355 e. The van der Waals surface area contributed by atoms with Gasteiger partial charge in [0.2, 0.25) is 17.7 Å². The molecule has 3 aliphatic heterocycles. The number of pyridine rings is 1. The van der Waals surface area contributed by atoms with Gasteiger partial charge in [-0.3, -0.25) is 39.4 Å². The second-order valence-electron chi connectivity index (χ2n) is 18.8. The molecule has 364 valence electrons. The molecule has 4 amide bonds. The number of carboxylic acids is 1. The van der Waals surface area contributed by atoms with E-state index in [1.165, 1.54) is 11.3 Å². The summed E-state index contributed by atoms with van der Waals surface area (Å²) in [6.45, 7) is 5.58. The topological polar surface area (TPSA) is 201 Å². The molecule has 2 saturated heterocycles. The third kappa shape index (κ3) is 10.4. The van der Waals surface area contributed by atoms with Crippen molar-refractivity contribution >= 4 is 78.7 Å². The number of aromatic nitrogens is 4. The summed E-state index contributed by atoms with van der Waals surface area (Å²) in [4.78, 5) is 77.1. The van der Waals surface area contributed by atoms with Crippen LogP contribution in [0.4, 0.5) is 16.6 Å². The van der Waals surface area contributed by atoms with Crippen molar-refractivity contribution in [2.24, 2.45) is 13.0 Å². The molecule has 3 aliphatic rings. The number of thiazole rings is 1. The predicted octanol–water partition coefficient (Wildman–Crippen LogP) is 8.49. The van der Waals surface area contributed by atoms with Crippen LogP contribution >= 0.6 is 11.3 Å². The number of nitrogens with one attached hydrogen (secondary N) is 3. The first-order valence-corrected chi connectivity index (χ1v) is 25.1. The maximum absolute atomic E-state index is 13.6. The Hall–Kier alpha value is -7.50. The van der Waals surface area contributed by atoms with Crippen LogP contribution in [0.25, 0.3) is 32.2 Å². The summed E-state index contributed by atoms with van der Waals surface area (Å²) in [6, 6.07) is 28.5. The lowest BCUT2D eigenvalue weighted by Crippen LogP contribution is -2.39. The Kier molecular flexibility index (Phi) is 13.6. The van der Waals surface area contributed by atoms with Crippen LogP contribution in [-0.4, -0.2) is 92.1 Å². The van der Waals surface area contributed by atoms with Crippen molar-refractivity contribution in [2.75, 3.05) is 48.3 Å². The minimum atomic E-state index is -1.12. The summed E-state index contributed by atoms with van der Waals surface area (Å²) in [5.41, 5.74) is 7.60. The molecule has 16 nitrogen and oxygen atoms in total. The molecule has 0 aliphatic carbocycles. The summed E-state index contributed by atoms with van der Waals surface area (Å²) in [7, 11) is 1.81. The highest BCUT2D eigenvalue weighted by molar-refractivity contribution is 7.22. The first-order chi connectivity index (χ1) is 34.4. The molecule has 4 aromatic carbocycles. The number of unbranched alkanes of at least 4 members (excludes halogenated alkanes) is 1. The molecule has 2 fully saturated rings. The van der Waals surface area contributed by atoms with Gasteiger partial charge in [0.15, 0.2) is 10.8 Å². The first-order valence-electron chi connectivity index (χ1n) is 24.3. The van der Waals surface area contributed by atoms with Crippen molar-refractivity contribution in [2.45, 2.75) is 70.8 Å². The second kappa shape index (κ2) is 20.5. The molecular formula is C54H55N9O7S. The van der Waals surface area contributed by atoms with Crippen molar-refractivity contribution in [1.29, 1.82) is 0 Å². The molecule has 0 bridgehead atoms. The SMILES string of the molecule is Cc1cc(OCCCCC2CCN(CC(=O)Nc3ccc4c(C5CCC(=O)NC5=O)nn(C)c4c3)CC2)ccc1-c1ccc(N2CCc3cccc(C(=O)Nc4nc5ccccc5s4)c3C2)nc1C(=O)O. The van der Waals surface area contributed by atoms with Gasteiger partial charge in [-0.05, 0) is 147 Å². The summed E-state index contributed by atoms with van der Waals surface area (Å²) in [6.07, 6.45) is 6.49. The molecule has 3 aromatic heterocycles. The molecule has 4 N–H and O–H groups in total. The number of hydrogen-bond acceptors (Lipinski definition) is 12. The van der Waals surface area contributed by atoms with Gasteiger partial charge in [-0.25, -0.2) is 14.8 Å². The molecular weight excluding hydrogens is 919 g/mol. The minimum Gasteiger partial charge on any atom is -0.494 e. The number of fused-ring (bicyclic) bond motifs is 3. The monoisotopic (exact) mass is 973 g/mol. The lowest BCUT2D eigenvalue weighted by Gasteiger charge is -2.31. The summed E-state index contributed by atoms with van der Waals surface area (Å²) >= 11 is 1.43. The van der Waals surface area contributed by atoms with E-state index < -0.39 is 11.9 Å². The summed E-state index contributed by atoms with van der Waals surface area (Å²) in [5.74, 6) is -0.649. The highest BCUT2D eigenvalue weighted by Gasteiger charge is 2.32. The third-order valence-electron chi connectivity index (χ3n) is 14.0. The van der Waals surface area contributed by atoms with E-state index in [0.29, 0.717) is 78.5 Å². The van der Waals surface area contributed by atoms with Gasteiger partial charge in [0.25, 0.3) is 5.91 Å². The van der Waals surface area contributed by atoms with E-state index in [2.05, 4.69) is 35.9 Å². The molecule has 17 heteroatoms. The normalized spacial score (nSPS) is 16.5. The number of imide groups is 1. The molecule has 10 rings (SSSR count). The van der Waals surface area contributed by atoms with Gasteiger partial charge in [-0.15, -0.1) is 0 Å². The van der Waals surface area contributed by atoms with Crippen LogP contribution in [-0.2, 0) is 34.4 Å². The Morgan fingerprint density at radius 3 is 2.51 bits per heavy atom. The molecule has 1 atom stereocenters. The van der Waals surface area contributed by atoms with E-state index >= 15 is 0 Å². The Bertz CT molecular complexity index is 3180. The van der Waals surface area contributed by atoms with Crippen molar-refractivity contribution in [3.8, 4) is 16.9 Å². The number of carbonyl (C=O) groups is 5. The fourth-order valence-electron chi connectivity index (χ4n) is 10.2. The van der Waals surface area contributed by atoms with Crippen LogP contribution in [0.5, 0.6) is 5.75 Å². The number of carboxylic acid groups (broad SMARTS) is 1. The zero-order valence-corrected chi connectivity index (χ0v) is 40.5. The van der Waals surface area contributed by atoms with E-state index in [1.807, 2.05) is 110 Å². The zero-order chi connectivity index (χ0) is 49.2. The highest BCUT2D eigenvalue weighted by Crippen LogP contribution is 2.35. The number of likely N-dealkylation sites (tertiary alicyclic amines) is 1. The van der Waals surface area contributed by atoms with Gasteiger partial charge < -0.3 is 20.1 Å². The number of ether oxygens (including phenoxy) is 1. The number of para-hydroxylation sites is 1. The van der Waals surface area contributed by atoms with Gasteiger partial charge in [-0.2, -0.15) is 5.10 Å². The number of aromatic carboxylic acids is 1. The number of aryl methyl sites for hydroxylation is 2. The lowest BCUT2D eigenvalue weighted by molar-refractivity contribution is -0.134. The largest absolute Gasteiger partial charge is 0.494 e. The van der Waals surface area contributed by atoms with Gasteiger partial charge >= 0.3 is 5.97 Å². The third-order valence-corrected chi connectivity index (χ3v) is 15.0. The fraction of sp³-hybridized carbons (Fsp3) is 0.333. The van der Waals surface area contributed by atoms with E-state index in [9.17, 15) is 29.1 Å². The van der Waals surface area contributed by atoms with Crippen molar-refractivity contribution in [3.63, 3.8) is 0 Å². The first kappa shape index (κ1) is 47.2. The second-order valence-corrected chi connectivity index (χ2v) is 19.8. The molecule has 0 saturated carbocycles. The van der Waals surface area contributed by atoms with E-state index in [0.717, 1.165) is 94.3 Å². The number of amides is 4. The van der Waals surface area contributed by atoms with Crippen LogP contribution in [0.2, 0.25) is 0 Å². The van der Waals surface area contributed by atoms with Crippen LogP contribution in [0.1, 0.15) is 94.1 Å². The van der Waals surface area contributed by atoms with Gasteiger partial charge in [0.05, 0.1) is 40.5 Å². The standard InChI is InChI=1S/C54H55N9O7S/c1-32-28-36(70-27-6-5-8-33-21-24-62(25-22-33)31-48(65)55-35-13-15-40-44(29-35)61(2)60-49(40)41-18-20-47(64)58-52(41)67)14-16-37(32)38-17-19-46(57-50(38)53(68)69)63-26-23-34-9-7-10-39(42(34)30-63)51(66)59-54-56-43-11-3-4-12-45(43)71-54/h3-4,7,9-17,19,28-29,33,41H,5-6,8,18,20-27,30-31H2,1-2H3,(H,55,65)(H,68,69)(H,56,59,66)(H,58,64,67). The van der Waals surface area contributed by atoms with Crippen molar-refractivity contribution in [3.05, 3.63) is 125 Å². The number of nitrogens with zero attached hydrogens (tertiary/aromatic N) is 6. The van der Waals surface area contributed by atoms with Crippen LogP contribution in [0, 0.1) is 12.8 Å². The average Bonchev–Trinajstić information content (AvgIpc) is 3.93. The van der Waals surface area contributed by atoms with Crippen molar-refractivity contribution < 1.29 is 33.8 Å². The average molecular weight is 974 g/mol. The number of carbonyl (C=O) groups excluding carboxylic acids is 4. The van der Waals surface area contributed by atoms with Gasteiger partial charge in [0.1, 0.15) is 11.6 Å². The number of hydrogen-bond donors (Lipinski definition) is 4. The predicted molar refractivity (Wildman–Crippen MR) is 273 cm³/mol. The van der Waals surface area contributed by atoms with E-state index in [-0.39, 0.29) is 35.7 Å². The Morgan fingerprint density at radius 2 is 1.70 bits per heavy atom. The van der Waals surface area contributed by atoms with E-state index in [1.54, 1.807) is 4.68 Å². The molecule has 0 spiro atoms. The summed E-state index contributed by atoms with van der Waals surface area (Å²) in [5, 5.41) is 24.8. The zero-order valence-electron chi connectivity index (χ0n) is 39.7. The van der Waals surface area contributed by atoms with Crippen LogP contribution in [0.3, 0.4) is 0 Å². The van der Waals surface area contributed by atoms with Gasteiger partial charge in [-0.1, -0.05) is 48.1 Å². The molecule has 71 heavy (non-hydrogen) atoms. The number of rotatable bonds is 15. The van der Waals surface area contributed by atoms with Crippen LogP contribution < -0.4 is 25.6 Å². The Balaban J connectivity index is 0.676. The Morgan fingerprint density at radius 1 is 0.873 bits per heavy atom. The highest BCUT2D eigenvalue weighted by atomic mass is 32.1. The molecule has 0 radical (unpaired) electrons. The maximum atomic E-state index is 13.6. The van der Waals surface area contributed by atoms with Crippen molar-refractivity contribution in [1.82, 2.24) is 30.0 Å². The van der Waals surface area contributed by atoms with Crippen LogP contribution in [0.15, 0.2) is 91.0 Å². The maximum Gasteiger partial charge on any atom is 0.355 e. The molecule has 6 heterocycles. The number of benzene rings is 4. The van der Waals surface area contributed by atoms with E-state index in [4.69, 9.17) is 4.74 Å². The number of piperidine rings is 2. The number of anilines is 3. The molecule has 1 unspecified atom stereocenters. The molecule has 7 aromatic rings.